The van der Waals surface area contributed by atoms with Crippen LogP contribution in [-0.4, -0.2) is 29.1 Å². The van der Waals surface area contributed by atoms with E-state index in [-0.39, 0.29) is 11.7 Å². The van der Waals surface area contributed by atoms with Crippen LogP contribution in [0, 0.1) is 11.8 Å². The fourth-order valence-corrected chi connectivity index (χ4v) is 3.85. The zero-order valence-electron chi connectivity index (χ0n) is 13.7. The molecule has 2 aliphatic rings. The lowest BCUT2D eigenvalue weighted by atomic mass is 9.80. The highest BCUT2D eigenvalue weighted by Gasteiger charge is 2.46. The Morgan fingerprint density at radius 2 is 2.00 bits per heavy atom. The summed E-state index contributed by atoms with van der Waals surface area (Å²) in [5.41, 5.74) is -0.336. The van der Waals surface area contributed by atoms with Crippen molar-refractivity contribution in [3.05, 3.63) is 0 Å². The van der Waals surface area contributed by atoms with E-state index in [2.05, 4.69) is 37.9 Å². The quantitative estimate of drug-likeness (QED) is 0.835. The maximum Gasteiger partial charge on any atom is 0.243 e. The smallest absolute Gasteiger partial charge is 0.243 e. The number of amides is 1. The summed E-state index contributed by atoms with van der Waals surface area (Å²) in [5.74, 6) is 1.80. The van der Waals surface area contributed by atoms with Crippen molar-refractivity contribution >= 4 is 5.91 Å². The lowest BCUT2D eigenvalue weighted by Gasteiger charge is -2.34. The molecular weight excluding hydrogens is 248 g/mol. The average molecular weight is 280 g/mol. The molecule has 3 nitrogen and oxygen atoms in total. The summed E-state index contributed by atoms with van der Waals surface area (Å²) in [4.78, 5) is 15.0. The highest BCUT2D eigenvalue weighted by Crippen LogP contribution is 2.33. The van der Waals surface area contributed by atoms with Crippen molar-refractivity contribution < 1.29 is 4.79 Å². The van der Waals surface area contributed by atoms with Gasteiger partial charge in [-0.05, 0) is 38.0 Å². The molecular formula is C17H32N2O. The Hall–Kier alpha value is -0.570. The Morgan fingerprint density at radius 1 is 1.30 bits per heavy atom. The third-order valence-electron chi connectivity index (χ3n) is 5.58. The van der Waals surface area contributed by atoms with Crippen molar-refractivity contribution in [1.82, 2.24) is 10.2 Å². The lowest BCUT2D eigenvalue weighted by molar-refractivity contribution is -0.134. The molecule has 0 aromatic rings. The number of carbonyl (C=O) groups is 1. The first-order valence-corrected chi connectivity index (χ1v) is 8.60. The molecule has 1 N–H and O–H groups in total. The van der Waals surface area contributed by atoms with Crippen molar-refractivity contribution in [2.75, 3.05) is 6.54 Å². The van der Waals surface area contributed by atoms with Crippen molar-refractivity contribution in [2.24, 2.45) is 11.8 Å². The molecule has 2 fully saturated rings. The fourth-order valence-electron chi connectivity index (χ4n) is 3.85. The van der Waals surface area contributed by atoms with Crippen molar-refractivity contribution in [3.63, 3.8) is 0 Å². The van der Waals surface area contributed by atoms with E-state index in [0.717, 1.165) is 31.7 Å². The van der Waals surface area contributed by atoms with Crippen LogP contribution < -0.4 is 5.32 Å². The molecule has 1 saturated carbocycles. The summed E-state index contributed by atoms with van der Waals surface area (Å²) in [7, 11) is 0. The van der Waals surface area contributed by atoms with Gasteiger partial charge in [0, 0.05) is 6.54 Å². The molecule has 0 aromatic carbocycles. The summed E-state index contributed by atoms with van der Waals surface area (Å²) in [5, 5.41) is 3.60. The van der Waals surface area contributed by atoms with E-state index in [1.54, 1.807) is 0 Å². The first-order chi connectivity index (χ1) is 9.51. The Labute approximate surface area is 124 Å². The Morgan fingerprint density at radius 3 is 2.60 bits per heavy atom. The largest absolute Gasteiger partial charge is 0.325 e. The summed E-state index contributed by atoms with van der Waals surface area (Å²) in [6.45, 7) is 9.72. The Balaban J connectivity index is 2.08. The van der Waals surface area contributed by atoms with Crippen LogP contribution in [0.4, 0.5) is 0 Å². The second-order valence-corrected chi connectivity index (χ2v) is 7.11. The van der Waals surface area contributed by atoms with Gasteiger partial charge in [-0.1, -0.05) is 46.5 Å². The molecule has 1 aliphatic carbocycles. The van der Waals surface area contributed by atoms with E-state index < -0.39 is 0 Å². The molecule has 1 aliphatic heterocycles. The van der Waals surface area contributed by atoms with Gasteiger partial charge in [-0.2, -0.15) is 0 Å². The van der Waals surface area contributed by atoms with E-state index >= 15 is 0 Å². The lowest BCUT2D eigenvalue weighted by Crippen LogP contribution is -2.44. The monoisotopic (exact) mass is 280 g/mol. The molecule has 116 valence electrons. The Kier molecular flexibility index (Phi) is 5.11. The molecule has 1 amide bonds. The van der Waals surface area contributed by atoms with Crippen LogP contribution >= 0.6 is 0 Å². The molecule has 0 bridgehead atoms. The van der Waals surface area contributed by atoms with Gasteiger partial charge < -0.3 is 4.90 Å². The molecule has 1 heterocycles. The van der Waals surface area contributed by atoms with Gasteiger partial charge in [0.1, 0.15) is 0 Å². The number of rotatable bonds is 5. The molecule has 0 radical (unpaired) electrons. The molecule has 2 rings (SSSR count). The number of nitrogens with one attached hydrogen (secondary N) is 1. The second kappa shape index (κ2) is 6.46. The maximum atomic E-state index is 12.8. The van der Waals surface area contributed by atoms with Gasteiger partial charge >= 0.3 is 0 Å². The van der Waals surface area contributed by atoms with Gasteiger partial charge in [-0.25, -0.2) is 0 Å². The average Bonchev–Trinajstić information content (AvgIpc) is 2.67. The SMILES string of the molecule is CCCC1NC(C)(CC)C(=O)N1CC1CCCCC1C. The van der Waals surface area contributed by atoms with Crippen LogP contribution in [0.5, 0.6) is 0 Å². The molecule has 4 atom stereocenters. The minimum absolute atomic E-state index is 0.256. The second-order valence-electron chi connectivity index (χ2n) is 7.11. The highest BCUT2D eigenvalue weighted by atomic mass is 16.2. The van der Waals surface area contributed by atoms with E-state index in [4.69, 9.17) is 0 Å². The fraction of sp³-hybridized carbons (Fsp3) is 0.941. The first kappa shape index (κ1) is 15.8. The number of hydrogen-bond donors (Lipinski definition) is 1. The number of carbonyl (C=O) groups excluding carboxylic acids is 1. The summed E-state index contributed by atoms with van der Waals surface area (Å²) in [6.07, 6.45) is 8.68. The molecule has 20 heavy (non-hydrogen) atoms. The topological polar surface area (TPSA) is 32.3 Å². The highest BCUT2D eigenvalue weighted by molar-refractivity contribution is 5.88. The third kappa shape index (κ3) is 3.03. The van der Waals surface area contributed by atoms with Gasteiger partial charge in [0.2, 0.25) is 5.91 Å². The van der Waals surface area contributed by atoms with Gasteiger partial charge in [0.25, 0.3) is 0 Å². The van der Waals surface area contributed by atoms with Crippen molar-refractivity contribution in [2.45, 2.75) is 84.3 Å². The van der Waals surface area contributed by atoms with Crippen LogP contribution in [0.3, 0.4) is 0 Å². The van der Waals surface area contributed by atoms with E-state index in [9.17, 15) is 4.79 Å². The molecule has 4 unspecified atom stereocenters. The van der Waals surface area contributed by atoms with Crippen LogP contribution in [0.1, 0.15) is 72.6 Å². The molecule has 0 aromatic heterocycles. The van der Waals surface area contributed by atoms with Gasteiger partial charge in [-0.3, -0.25) is 10.1 Å². The van der Waals surface area contributed by atoms with Gasteiger partial charge in [-0.15, -0.1) is 0 Å². The van der Waals surface area contributed by atoms with E-state index in [1.165, 1.54) is 25.7 Å². The van der Waals surface area contributed by atoms with Gasteiger partial charge in [0.05, 0.1) is 11.7 Å². The zero-order chi connectivity index (χ0) is 14.8. The molecule has 3 heteroatoms. The van der Waals surface area contributed by atoms with Crippen LogP contribution in [0.25, 0.3) is 0 Å². The minimum atomic E-state index is -0.336. The predicted molar refractivity (Wildman–Crippen MR) is 83.4 cm³/mol. The van der Waals surface area contributed by atoms with E-state index in [0.29, 0.717) is 11.8 Å². The predicted octanol–water partition coefficient (Wildman–Crippen LogP) is 3.54. The third-order valence-corrected chi connectivity index (χ3v) is 5.58. The van der Waals surface area contributed by atoms with Crippen LogP contribution in [0.15, 0.2) is 0 Å². The molecule has 0 spiro atoms. The standard InChI is InChI=1S/C17H32N2O/c1-5-9-15-18-17(4,6-2)16(20)19(15)12-14-11-8-7-10-13(14)3/h13-15,18H,5-12H2,1-4H3. The summed E-state index contributed by atoms with van der Waals surface area (Å²) in [6, 6.07) is 0. The maximum absolute atomic E-state index is 12.8. The van der Waals surface area contributed by atoms with Crippen LogP contribution in [-0.2, 0) is 4.79 Å². The number of nitrogens with zero attached hydrogens (tertiary/aromatic N) is 1. The minimum Gasteiger partial charge on any atom is -0.325 e. The molecule has 1 saturated heterocycles. The Bertz CT molecular complexity index is 344. The normalized spacial score (nSPS) is 38.5. The van der Waals surface area contributed by atoms with E-state index in [1.807, 2.05) is 0 Å². The number of hydrogen-bond acceptors (Lipinski definition) is 2. The zero-order valence-corrected chi connectivity index (χ0v) is 13.7. The van der Waals surface area contributed by atoms with Crippen molar-refractivity contribution in [1.29, 1.82) is 0 Å². The van der Waals surface area contributed by atoms with Crippen molar-refractivity contribution in [3.8, 4) is 0 Å². The van der Waals surface area contributed by atoms with Gasteiger partial charge in [0.15, 0.2) is 0 Å². The van der Waals surface area contributed by atoms with Crippen LogP contribution in [0.2, 0.25) is 0 Å². The first-order valence-electron chi connectivity index (χ1n) is 8.60. The summed E-state index contributed by atoms with van der Waals surface area (Å²) < 4.78 is 0. The summed E-state index contributed by atoms with van der Waals surface area (Å²) >= 11 is 0.